The van der Waals surface area contributed by atoms with Crippen LogP contribution in [-0.2, 0) is 0 Å². The van der Waals surface area contributed by atoms with Crippen molar-refractivity contribution in [1.29, 1.82) is 0 Å². The Kier molecular flexibility index (Phi) is 6.82. The van der Waals surface area contributed by atoms with Crippen LogP contribution in [0.25, 0.3) is 16.6 Å². The Morgan fingerprint density at radius 3 is 2.36 bits per heavy atom. The van der Waals surface area contributed by atoms with Crippen molar-refractivity contribution in [2.24, 2.45) is 0 Å². The first kappa shape index (κ1) is 23.0. The van der Waals surface area contributed by atoms with Gasteiger partial charge in [0.2, 0.25) is 0 Å². The molecular formula is C26H23Cl2N3O2. The quantitative estimate of drug-likeness (QED) is 0.325. The fourth-order valence-electron chi connectivity index (χ4n) is 3.91. The number of benzene rings is 3. The lowest BCUT2D eigenvalue weighted by Crippen LogP contribution is -2.38. The summed E-state index contributed by atoms with van der Waals surface area (Å²) in [5.74, 6) is 0.259. The third-order valence-electron chi connectivity index (χ3n) is 5.56. The Morgan fingerprint density at radius 1 is 1.00 bits per heavy atom. The van der Waals surface area contributed by atoms with Crippen LogP contribution in [0.5, 0.6) is 0 Å². The molecule has 0 radical (unpaired) electrons. The smallest absolute Gasteiger partial charge is 0.266 e. The topological polar surface area (TPSA) is 55.2 Å². The van der Waals surface area contributed by atoms with Crippen LogP contribution in [0.1, 0.15) is 42.5 Å². The van der Waals surface area contributed by atoms with Gasteiger partial charge in [0.15, 0.2) is 0 Å². The highest BCUT2D eigenvalue weighted by Gasteiger charge is 2.28. The summed E-state index contributed by atoms with van der Waals surface area (Å²) in [6, 6.07) is 20.7. The summed E-state index contributed by atoms with van der Waals surface area (Å²) in [5, 5.41) is 1.46. The van der Waals surface area contributed by atoms with Crippen LogP contribution in [0.3, 0.4) is 0 Å². The molecule has 0 spiro atoms. The van der Waals surface area contributed by atoms with Gasteiger partial charge in [0.25, 0.3) is 11.5 Å². The molecule has 0 aliphatic rings. The first-order valence-electron chi connectivity index (χ1n) is 10.8. The largest absolute Gasteiger partial charge is 0.329 e. The number of carbonyl (C=O) groups is 1. The molecule has 4 aromatic rings. The van der Waals surface area contributed by atoms with Gasteiger partial charge >= 0.3 is 0 Å². The predicted molar refractivity (Wildman–Crippen MR) is 134 cm³/mol. The predicted octanol–water partition coefficient (Wildman–Crippen LogP) is 6.31. The zero-order chi connectivity index (χ0) is 23.5. The molecule has 5 nitrogen and oxygen atoms in total. The van der Waals surface area contributed by atoms with Crippen LogP contribution in [0.4, 0.5) is 0 Å². The summed E-state index contributed by atoms with van der Waals surface area (Å²) in [7, 11) is 0. The monoisotopic (exact) mass is 479 g/mol. The standard InChI is InChI=1S/C26H23Cl2N3O2/c1-3-16-30(25(32)20-8-4-6-10-22(20)28)17(2)24-29-23-11-7-5-9-21(23)26(33)31(24)19-14-12-18(27)13-15-19/h4-15,17H,3,16H2,1-2H3. The van der Waals surface area contributed by atoms with E-state index in [9.17, 15) is 9.59 Å². The molecule has 1 heterocycles. The lowest BCUT2D eigenvalue weighted by atomic mass is 10.1. The van der Waals surface area contributed by atoms with E-state index in [1.54, 1.807) is 70.1 Å². The molecule has 168 valence electrons. The third-order valence-corrected chi connectivity index (χ3v) is 6.14. The van der Waals surface area contributed by atoms with Gasteiger partial charge in [-0.3, -0.25) is 14.2 Å². The fourth-order valence-corrected chi connectivity index (χ4v) is 4.25. The molecule has 0 aliphatic heterocycles. The minimum Gasteiger partial charge on any atom is -0.329 e. The van der Waals surface area contributed by atoms with E-state index in [1.165, 1.54) is 0 Å². The van der Waals surface area contributed by atoms with Gasteiger partial charge in [-0.05, 0) is 61.9 Å². The molecule has 1 unspecified atom stereocenters. The number of amides is 1. The van der Waals surface area contributed by atoms with E-state index in [0.717, 1.165) is 6.42 Å². The zero-order valence-corrected chi connectivity index (χ0v) is 19.8. The third kappa shape index (κ3) is 4.52. The van der Waals surface area contributed by atoms with Gasteiger partial charge < -0.3 is 4.90 Å². The lowest BCUT2D eigenvalue weighted by molar-refractivity contribution is 0.0681. The van der Waals surface area contributed by atoms with Crippen molar-refractivity contribution in [3.05, 3.63) is 105 Å². The van der Waals surface area contributed by atoms with Gasteiger partial charge in [-0.2, -0.15) is 0 Å². The first-order chi connectivity index (χ1) is 15.9. The van der Waals surface area contributed by atoms with Gasteiger partial charge in [0.05, 0.1) is 33.2 Å². The van der Waals surface area contributed by atoms with E-state index in [2.05, 4.69) is 0 Å². The van der Waals surface area contributed by atoms with Crippen molar-refractivity contribution >= 4 is 40.0 Å². The Morgan fingerprint density at radius 2 is 1.67 bits per heavy atom. The molecule has 33 heavy (non-hydrogen) atoms. The highest BCUT2D eigenvalue weighted by atomic mass is 35.5. The number of nitrogens with zero attached hydrogens (tertiary/aromatic N) is 3. The highest BCUT2D eigenvalue weighted by molar-refractivity contribution is 6.33. The second kappa shape index (κ2) is 9.77. The number of hydrogen-bond acceptors (Lipinski definition) is 3. The fraction of sp³-hybridized carbons (Fsp3) is 0.192. The first-order valence-corrected chi connectivity index (χ1v) is 11.5. The van der Waals surface area contributed by atoms with E-state index < -0.39 is 6.04 Å². The SMILES string of the molecule is CCCN(C(=O)c1ccccc1Cl)C(C)c1nc2ccccc2c(=O)n1-c1ccc(Cl)cc1. The number of fused-ring (bicyclic) bond motifs is 1. The summed E-state index contributed by atoms with van der Waals surface area (Å²) in [4.78, 5) is 33.7. The van der Waals surface area contributed by atoms with Crippen LogP contribution >= 0.6 is 23.2 Å². The number of aromatic nitrogens is 2. The molecule has 0 fully saturated rings. The average molecular weight is 480 g/mol. The van der Waals surface area contributed by atoms with Gasteiger partial charge in [-0.1, -0.05) is 54.4 Å². The van der Waals surface area contributed by atoms with Crippen molar-refractivity contribution in [2.75, 3.05) is 6.54 Å². The molecule has 0 bridgehead atoms. The maximum absolute atomic E-state index is 13.6. The number of carbonyl (C=O) groups excluding carboxylic acids is 1. The number of hydrogen-bond donors (Lipinski definition) is 0. The summed E-state index contributed by atoms with van der Waals surface area (Å²) in [6.45, 7) is 4.36. The zero-order valence-electron chi connectivity index (χ0n) is 18.3. The van der Waals surface area contributed by atoms with Crippen molar-refractivity contribution in [2.45, 2.75) is 26.3 Å². The second-order valence-electron chi connectivity index (χ2n) is 7.76. The van der Waals surface area contributed by atoms with Gasteiger partial charge in [-0.25, -0.2) is 4.98 Å². The number of para-hydroxylation sites is 1. The summed E-state index contributed by atoms with van der Waals surface area (Å²) in [5.41, 5.74) is 1.43. The summed E-state index contributed by atoms with van der Waals surface area (Å²) in [6.07, 6.45) is 0.735. The molecule has 7 heteroatoms. The maximum Gasteiger partial charge on any atom is 0.266 e. The van der Waals surface area contributed by atoms with Crippen LogP contribution < -0.4 is 5.56 Å². The molecule has 3 aromatic carbocycles. The van der Waals surface area contributed by atoms with E-state index >= 15 is 0 Å². The van der Waals surface area contributed by atoms with Gasteiger partial charge in [0, 0.05) is 11.6 Å². The molecule has 0 N–H and O–H groups in total. The summed E-state index contributed by atoms with van der Waals surface area (Å²) < 4.78 is 1.56. The van der Waals surface area contributed by atoms with Gasteiger partial charge in [0.1, 0.15) is 5.82 Å². The number of rotatable bonds is 6. The Hall–Kier alpha value is -3.15. The van der Waals surface area contributed by atoms with E-state index in [1.807, 2.05) is 26.0 Å². The van der Waals surface area contributed by atoms with Crippen LogP contribution in [0.2, 0.25) is 10.0 Å². The normalized spacial score (nSPS) is 12.0. The van der Waals surface area contributed by atoms with Gasteiger partial charge in [-0.15, -0.1) is 0 Å². The lowest BCUT2D eigenvalue weighted by Gasteiger charge is -2.30. The Balaban J connectivity index is 1.92. The second-order valence-corrected chi connectivity index (χ2v) is 8.60. The molecular weight excluding hydrogens is 457 g/mol. The van der Waals surface area contributed by atoms with E-state index in [0.29, 0.717) is 44.6 Å². The van der Waals surface area contributed by atoms with E-state index in [-0.39, 0.29) is 11.5 Å². The Bertz CT molecular complexity index is 1370. The molecule has 0 saturated carbocycles. The Labute approximate surface area is 202 Å². The average Bonchev–Trinajstić information content (AvgIpc) is 2.83. The van der Waals surface area contributed by atoms with Crippen molar-refractivity contribution in [3.63, 3.8) is 0 Å². The molecule has 1 amide bonds. The van der Waals surface area contributed by atoms with Crippen LogP contribution in [0, 0.1) is 0 Å². The molecule has 0 aliphatic carbocycles. The molecule has 1 atom stereocenters. The summed E-state index contributed by atoms with van der Waals surface area (Å²) >= 11 is 12.4. The molecule has 4 rings (SSSR count). The van der Waals surface area contributed by atoms with Crippen molar-refractivity contribution in [3.8, 4) is 5.69 Å². The minimum absolute atomic E-state index is 0.202. The van der Waals surface area contributed by atoms with Crippen LogP contribution in [-0.4, -0.2) is 26.9 Å². The maximum atomic E-state index is 13.6. The minimum atomic E-state index is -0.498. The molecule has 1 aromatic heterocycles. The van der Waals surface area contributed by atoms with Crippen molar-refractivity contribution in [1.82, 2.24) is 14.5 Å². The molecule has 0 saturated heterocycles. The van der Waals surface area contributed by atoms with Crippen LogP contribution in [0.15, 0.2) is 77.6 Å². The van der Waals surface area contributed by atoms with Crippen molar-refractivity contribution < 1.29 is 4.79 Å². The number of halogens is 2. The highest BCUT2D eigenvalue weighted by Crippen LogP contribution is 2.27. The van der Waals surface area contributed by atoms with E-state index in [4.69, 9.17) is 28.2 Å².